The van der Waals surface area contributed by atoms with Gasteiger partial charge in [-0.1, -0.05) is 62.0 Å². The fraction of sp³-hybridized carbons (Fsp3) is 0.611. The number of hydrogen-bond donors (Lipinski definition) is 0. The number of halogens is 1. The predicted molar refractivity (Wildman–Crippen MR) is 91.4 cm³/mol. The molecule has 1 aliphatic rings. The summed E-state index contributed by atoms with van der Waals surface area (Å²) in [7, 11) is 0. The van der Waals surface area contributed by atoms with E-state index in [9.17, 15) is 4.79 Å². The van der Waals surface area contributed by atoms with E-state index in [4.69, 9.17) is 0 Å². The molecule has 0 spiro atoms. The monoisotopic (exact) mass is 351 g/mol. The lowest BCUT2D eigenvalue weighted by molar-refractivity contribution is 0.0660. The minimum atomic E-state index is 0.163. The molecule has 0 bridgehead atoms. The number of benzene rings is 1. The van der Waals surface area contributed by atoms with Gasteiger partial charge >= 0.3 is 0 Å². The van der Waals surface area contributed by atoms with Crippen molar-refractivity contribution < 1.29 is 4.79 Å². The lowest BCUT2D eigenvalue weighted by Crippen LogP contribution is -2.40. The molecule has 116 valence electrons. The summed E-state index contributed by atoms with van der Waals surface area (Å²) < 4.78 is 0.963. The fourth-order valence-corrected chi connectivity index (χ4v) is 3.39. The Kier molecular flexibility index (Phi) is 5.86. The third-order valence-corrected chi connectivity index (χ3v) is 4.90. The molecule has 21 heavy (non-hydrogen) atoms. The average Bonchev–Trinajstić information content (AvgIpc) is 2.34. The molecule has 1 fully saturated rings. The summed E-state index contributed by atoms with van der Waals surface area (Å²) >= 11 is 3.45. The van der Waals surface area contributed by atoms with Gasteiger partial charge in [0.05, 0.1) is 0 Å². The zero-order valence-corrected chi connectivity index (χ0v) is 14.9. The third-order valence-electron chi connectivity index (χ3n) is 4.41. The number of carbonyl (C=O) groups is 1. The Hall–Kier alpha value is -0.830. The molecule has 1 aliphatic carbocycles. The largest absolute Gasteiger partial charge is 0.338 e. The Morgan fingerprint density at radius 1 is 1.29 bits per heavy atom. The number of amides is 1. The lowest BCUT2D eigenvalue weighted by atomic mass is 9.76. The Balaban J connectivity index is 2.08. The highest BCUT2D eigenvalue weighted by Gasteiger charge is 2.27. The van der Waals surface area contributed by atoms with Crippen LogP contribution in [0, 0.1) is 17.8 Å². The summed E-state index contributed by atoms with van der Waals surface area (Å²) in [5.74, 6) is 2.08. The molecule has 1 amide bonds. The van der Waals surface area contributed by atoms with E-state index in [0.717, 1.165) is 29.0 Å². The standard InChI is InChI=1S/C18H26BrNO/c1-13(2)11-20(12-14(3)15-6-4-7-15)18(21)16-8-5-9-17(19)10-16/h5,8-10,13-15H,4,6-7,11-12H2,1-3H3. The summed E-state index contributed by atoms with van der Waals surface area (Å²) in [5, 5.41) is 0. The predicted octanol–water partition coefficient (Wildman–Crippen LogP) is 4.98. The number of nitrogens with zero attached hydrogens (tertiary/aromatic N) is 1. The van der Waals surface area contributed by atoms with Gasteiger partial charge in [-0.2, -0.15) is 0 Å². The van der Waals surface area contributed by atoms with Crippen LogP contribution < -0.4 is 0 Å². The SMILES string of the molecule is CC(C)CN(CC(C)C1CCC1)C(=O)c1cccc(Br)c1. The van der Waals surface area contributed by atoms with E-state index in [-0.39, 0.29) is 5.91 Å². The molecule has 2 rings (SSSR count). The second kappa shape index (κ2) is 7.44. The van der Waals surface area contributed by atoms with Crippen molar-refractivity contribution in [3.63, 3.8) is 0 Å². The Labute approximate surface area is 137 Å². The normalized spacial score (nSPS) is 16.6. The molecule has 1 unspecified atom stereocenters. The summed E-state index contributed by atoms with van der Waals surface area (Å²) in [6, 6.07) is 7.72. The van der Waals surface area contributed by atoms with E-state index in [1.807, 2.05) is 24.3 Å². The van der Waals surface area contributed by atoms with Crippen molar-refractivity contribution >= 4 is 21.8 Å². The molecule has 3 heteroatoms. The topological polar surface area (TPSA) is 20.3 Å². The molecule has 1 saturated carbocycles. The van der Waals surface area contributed by atoms with Crippen molar-refractivity contribution in [2.75, 3.05) is 13.1 Å². The van der Waals surface area contributed by atoms with Gasteiger partial charge in [0.15, 0.2) is 0 Å². The second-order valence-electron chi connectivity index (χ2n) is 6.78. The highest BCUT2D eigenvalue weighted by atomic mass is 79.9. The van der Waals surface area contributed by atoms with Crippen LogP contribution in [-0.4, -0.2) is 23.9 Å². The first-order chi connectivity index (χ1) is 9.97. The molecule has 0 radical (unpaired) electrons. The molecule has 0 aromatic heterocycles. The smallest absolute Gasteiger partial charge is 0.253 e. The second-order valence-corrected chi connectivity index (χ2v) is 7.70. The third kappa shape index (κ3) is 4.57. The molecule has 0 aliphatic heterocycles. The van der Waals surface area contributed by atoms with Gasteiger partial charge in [0.25, 0.3) is 5.91 Å². The maximum atomic E-state index is 12.8. The van der Waals surface area contributed by atoms with Crippen LogP contribution in [0.5, 0.6) is 0 Å². The van der Waals surface area contributed by atoms with E-state index in [1.54, 1.807) is 0 Å². The van der Waals surface area contributed by atoms with Gasteiger partial charge in [0.2, 0.25) is 0 Å². The number of rotatable bonds is 6. The molecule has 1 atom stereocenters. The number of hydrogen-bond acceptors (Lipinski definition) is 1. The Bertz CT molecular complexity index is 482. The highest BCUT2D eigenvalue weighted by Crippen LogP contribution is 2.33. The van der Waals surface area contributed by atoms with E-state index in [2.05, 4.69) is 41.6 Å². The molecule has 0 N–H and O–H groups in total. The Morgan fingerprint density at radius 2 is 2.00 bits per heavy atom. The highest BCUT2D eigenvalue weighted by molar-refractivity contribution is 9.10. The van der Waals surface area contributed by atoms with Gasteiger partial charge < -0.3 is 4.90 Å². The Morgan fingerprint density at radius 3 is 2.52 bits per heavy atom. The average molecular weight is 352 g/mol. The van der Waals surface area contributed by atoms with Crippen LogP contribution in [0.25, 0.3) is 0 Å². The van der Waals surface area contributed by atoms with E-state index in [1.165, 1.54) is 19.3 Å². The summed E-state index contributed by atoms with van der Waals surface area (Å²) in [6.45, 7) is 8.37. The first-order valence-electron chi connectivity index (χ1n) is 8.02. The maximum Gasteiger partial charge on any atom is 0.253 e. The molecule has 0 heterocycles. The van der Waals surface area contributed by atoms with Crippen LogP contribution in [0.2, 0.25) is 0 Å². The first kappa shape index (κ1) is 16.5. The van der Waals surface area contributed by atoms with Gasteiger partial charge in [0, 0.05) is 23.1 Å². The minimum Gasteiger partial charge on any atom is -0.338 e. The van der Waals surface area contributed by atoms with Gasteiger partial charge in [-0.05, 0) is 36.0 Å². The maximum absolute atomic E-state index is 12.8. The first-order valence-corrected chi connectivity index (χ1v) is 8.81. The van der Waals surface area contributed by atoms with E-state index < -0.39 is 0 Å². The van der Waals surface area contributed by atoms with Crippen LogP contribution in [0.15, 0.2) is 28.7 Å². The molecule has 1 aromatic carbocycles. The van der Waals surface area contributed by atoms with Gasteiger partial charge in [-0.25, -0.2) is 0 Å². The minimum absolute atomic E-state index is 0.163. The zero-order chi connectivity index (χ0) is 15.4. The van der Waals surface area contributed by atoms with Crippen molar-refractivity contribution in [1.82, 2.24) is 4.90 Å². The van der Waals surface area contributed by atoms with Crippen molar-refractivity contribution in [3.05, 3.63) is 34.3 Å². The van der Waals surface area contributed by atoms with Gasteiger partial charge in [-0.15, -0.1) is 0 Å². The molecule has 2 nitrogen and oxygen atoms in total. The van der Waals surface area contributed by atoms with Crippen molar-refractivity contribution in [1.29, 1.82) is 0 Å². The fourth-order valence-electron chi connectivity index (χ4n) is 2.99. The van der Waals surface area contributed by atoms with Crippen LogP contribution >= 0.6 is 15.9 Å². The molecular weight excluding hydrogens is 326 g/mol. The number of carbonyl (C=O) groups excluding carboxylic acids is 1. The van der Waals surface area contributed by atoms with Crippen LogP contribution in [0.3, 0.4) is 0 Å². The van der Waals surface area contributed by atoms with Crippen LogP contribution in [-0.2, 0) is 0 Å². The quantitative estimate of drug-likeness (QED) is 0.707. The van der Waals surface area contributed by atoms with Crippen molar-refractivity contribution in [2.45, 2.75) is 40.0 Å². The summed E-state index contributed by atoms with van der Waals surface area (Å²) in [4.78, 5) is 14.9. The summed E-state index contributed by atoms with van der Waals surface area (Å²) in [6.07, 6.45) is 4.03. The van der Waals surface area contributed by atoms with Gasteiger partial charge in [-0.3, -0.25) is 4.79 Å². The van der Waals surface area contributed by atoms with Gasteiger partial charge in [0.1, 0.15) is 0 Å². The molecular formula is C18H26BrNO. The van der Waals surface area contributed by atoms with Crippen molar-refractivity contribution in [2.24, 2.45) is 17.8 Å². The summed E-state index contributed by atoms with van der Waals surface area (Å²) in [5.41, 5.74) is 0.783. The zero-order valence-electron chi connectivity index (χ0n) is 13.3. The lowest BCUT2D eigenvalue weighted by Gasteiger charge is -2.35. The van der Waals surface area contributed by atoms with E-state index in [0.29, 0.717) is 11.8 Å². The van der Waals surface area contributed by atoms with Crippen LogP contribution in [0.4, 0.5) is 0 Å². The molecule has 1 aromatic rings. The van der Waals surface area contributed by atoms with Crippen LogP contribution in [0.1, 0.15) is 50.4 Å². The van der Waals surface area contributed by atoms with E-state index >= 15 is 0 Å². The molecule has 0 saturated heterocycles. The van der Waals surface area contributed by atoms with Crippen molar-refractivity contribution in [3.8, 4) is 0 Å².